The van der Waals surface area contributed by atoms with Crippen LogP contribution in [0.3, 0.4) is 0 Å². The van der Waals surface area contributed by atoms with Gasteiger partial charge in [0, 0.05) is 29.8 Å². The van der Waals surface area contributed by atoms with Gasteiger partial charge >= 0.3 is 0 Å². The van der Waals surface area contributed by atoms with Crippen molar-refractivity contribution in [3.8, 4) is 22.9 Å². The summed E-state index contributed by atoms with van der Waals surface area (Å²) < 4.78 is 13.2. The summed E-state index contributed by atoms with van der Waals surface area (Å²) in [5.74, 6) is 2.43. The monoisotopic (exact) mass is 323 g/mol. The fourth-order valence-electron chi connectivity index (χ4n) is 3.11. The summed E-state index contributed by atoms with van der Waals surface area (Å²) in [6.07, 6.45) is 0. The van der Waals surface area contributed by atoms with Gasteiger partial charge in [-0.05, 0) is 26.3 Å². The van der Waals surface area contributed by atoms with Crippen LogP contribution >= 0.6 is 0 Å². The zero-order valence-electron chi connectivity index (χ0n) is 14.2. The van der Waals surface area contributed by atoms with Crippen LogP contribution in [0.25, 0.3) is 22.4 Å². The number of fused-ring (bicyclic) bond motifs is 2. The van der Waals surface area contributed by atoms with Crippen LogP contribution in [0.15, 0.2) is 36.4 Å². The number of aryl methyl sites for hydroxylation is 1. The lowest BCUT2D eigenvalue weighted by molar-refractivity contribution is 0.174. The van der Waals surface area contributed by atoms with Gasteiger partial charge in [-0.15, -0.1) is 0 Å². The zero-order valence-corrected chi connectivity index (χ0v) is 14.2. The van der Waals surface area contributed by atoms with E-state index in [1.165, 1.54) is 5.56 Å². The second-order valence-corrected chi connectivity index (χ2v) is 7.02. The molecule has 0 amide bonds. The van der Waals surface area contributed by atoms with E-state index in [2.05, 4.69) is 23.6 Å². The smallest absolute Gasteiger partial charge is 0.231 e. The standard InChI is InChI=1S/C19H21N3O2/c1-12-6-4-5-7-13(12)18-21-14-8-16-17(24-11-23-16)9-15(14)22(18)10-19(2,3)20/h4-9H,10-11,20H2,1-3H3. The van der Waals surface area contributed by atoms with Crippen LogP contribution in [-0.4, -0.2) is 21.9 Å². The van der Waals surface area contributed by atoms with Gasteiger partial charge in [-0.3, -0.25) is 0 Å². The molecule has 4 rings (SSSR count). The molecule has 0 unspecified atom stereocenters. The summed E-state index contributed by atoms with van der Waals surface area (Å²) >= 11 is 0. The van der Waals surface area contributed by atoms with Crippen LogP contribution in [0.1, 0.15) is 19.4 Å². The quantitative estimate of drug-likeness (QED) is 0.801. The van der Waals surface area contributed by atoms with Crippen molar-refractivity contribution in [2.45, 2.75) is 32.9 Å². The van der Waals surface area contributed by atoms with Crippen molar-refractivity contribution in [2.24, 2.45) is 5.73 Å². The van der Waals surface area contributed by atoms with E-state index in [1.54, 1.807) is 0 Å². The third-order valence-corrected chi connectivity index (χ3v) is 4.19. The number of nitrogens with two attached hydrogens (primary N) is 1. The van der Waals surface area contributed by atoms with Crippen LogP contribution < -0.4 is 15.2 Å². The molecule has 2 aromatic carbocycles. The maximum atomic E-state index is 6.31. The number of hydrogen-bond acceptors (Lipinski definition) is 4. The van der Waals surface area contributed by atoms with Crippen LogP contribution in [-0.2, 0) is 6.54 Å². The molecule has 0 bridgehead atoms. The first-order valence-electron chi connectivity index (χ1n) is 8.07. The third kappa shape index (κ3) is 2.51. The van der Waals surface area contributed by atoms with Crippen LogP contribution in [0.2, 0.25) is 0 Å². The van der Waals surface area contributed by atoms with Crippen LogP contribution in [0.4, 0.5) is 0 Å². The van der Waals surface area contributed by atoms with Crippen molar-refractivity contribution in [1.82, 2.24) is 9.55 Å². The summed E-state index contributed by atoms with van der Waals surface area (Å²) in [7, 11) is 0. The Hall–Kier alpha value is -2.53. The summed E-state index contributed by atoms with van der Waals surface area (Å²) in [5.41, 5.74) is 10.1. The van der Waals surface area contributed by atoms with Gasteiger partial charge in [0.1, 0.15) is 5.82 Å². The van der Waals surface area contributed by atoms with E-state index < -0.39 is 0 Å². The molecule has 0 aliphatic carbocycles. The van der Waals surface area contributed by atoms with Gasteiger partial charge in [-0.1, -0.05) is 24.3 Å². The molecule has 0 saturated carbocycles. The minimum absolute atomic E-state index is 0.259. The summed E-state index contributed by atoms with van der Waals surface area (Å²) in [5, 5.41) is 0. The molecular formula is C19H21N3O2. The van der Waals surface area contributed by atoms with Crippen molar-refractivity contribution < 1.29 is 9.47 Å². The lowest BCUT2D eigenvalue weighted by Gasteiger charge is -2.22. The highest BCUT2D eigenvalue weighted by Gasteiger charge is 2.23. The van der Waals surface area contributed by atoms with Crippen molar-refractivity contribution in [2.75, 3.05) is 6.79 Å². The summed E-state index contributed by atoms with van der Waals surface area (Å²) in [6, 6.07) is 12.2. The minimum atomic E-state index is -0.360. The van der Waals surface area contributed by atoms with E-state index in [9.17, 15) is 0 Å². The molecule has 0 radical (unpaired) electrons. The van der Waals surface area contributed by atoms with Crippen LogP contribution in [0, 0.1) is 6.92 Å². The highest BCUT2D eigenvalue weighted by Crippen LogP contribution is 2.38. The molecule has 5 heteroatoms. The zero-order chi connectivity index (χ0) is 16.9. The second-order valence-electron chi connectivity index (χ2n) is 7.02. The molecule has 24 heavy (non-hydrogen) atoms. The number of hydrogen-bond donors (Lipinski definition) is 1. The predicted molar refractivity (Wildman–Crippen MR) is 94.3 cm³/mol. The molecular weight excluding hydrogens is 302 g/mol. The molecule has 1 aliphatic heterocycles. The Labute approximate surface area is 141 Å². The summed E-state index contributed by atoms with van der Waals surface area (Å²) in [4.78, 5) is 4.88. The number of nitrogens with zero attached hydrogens (tertiary/aromatic N) is 2. The van der Waals surface area contributed by atoms with Crippen molar-refractivity contribution in [3.05, 3.63) is 42.0 Å². The van der Waals surface area contributed by atoms with Crippen LogP contribution in [0.5, 0.6) is 11.5 Å². The molecule has 0 fully saturated rings. The normalized spacial score (nSPS) is 13.7. The van der Waals surface area contributed by atoms with Crippen molar-refractivity contribution >= 4 is 11.0 Å². The number of ether oxygens (including phenoxy) is 2. The average Bonchev–Trinajstić information content (AvgIpc) is 3.09. The molecule has 0 spiro atoms. The fraction of sp³-hybridized carbons (Fsp3) is 0.316. The van der Waals surface area contributed by atoms with Gasteiger partial charge in [0.25, 0.3) is 0 Å². The van der Waals surface area contributed by atoms with E-state index in [-0.39, 0.29) is 12.3 Å². The van der Waals surface area contributed by atoms with E-state index in [0.717, 1.165) is 33.9 Å². The van der Waals surface area contributed by atoms with Gasteiger partial charge in [-0.2, -0.15) is 0 Å². The lowest BCUT2D eigenvalue weighted by atomic mass is 10.1. The highest BCUT2D eigenvalue weighted by molar-refractivity contribution is 5.85. The van der Waals surface area contributed by atoms with E-state index in [4.69, 9.17) is 20.2 Å². The van der Waals surface area contributed by atoms with Crippen molar-refractivity contribution in [1.29, 1.82) is 0 Å². The number of aromatic nitrogens is 2. The van der Waals surface area contributed by atoms with Gasteiger partial charge in [0.2, 0.25) is 6.79 Å². The Bertz CT molecular complexity index is 922. The first-order valence-corrected chi connectivity index (χ1v) is 8.07. The van der Waals surface area contributed by atoms with Gasteiger partial charge in [-0.25, -0.2) is 4.98 Å². The second kappa shape index (κ2) is 5.24. The van der Waals surface area contributed by atoms with Gasteiger partial charge in [0.05, 0.1) is 11.0 Å². The third-order valence-electron chi connectivity index (χ3n) is 4.19. The SMILES string of the molecule is Cc1ccccc1-c1nc2cc3c(cc2n1CC(C)(C)N)OCO3. The maximum absolute atomic E-state index is 6.31. The van der Waals surface area contributed by atoms with E-state index in [0.29, 0.717) is 6.54 Å². The van der Waals surface area contributed by atoms with E-state index in [1.807, 2.05) is 38.1 Å². The minimum Gasteiger partial charge on any atom is -0.454 e. The summed E-state index contributed by atoms with van der Waals surface area (Å²) in [6.45, 7) is 7.06. The predicted octanol–water partition coefficient (Wildman–Crippen LogP) is 3.48. The van der Waals surface area contributed by atoms with Gasteiger partial charge < -0.3 is 19.8 Å². The molecule has 124 valence electrons. The molecule has 0 saturated heterocycles. The molecule has 1 aliphatic rings. The Morgan fingerprint density at radius 2 is 1.88 bits per heavy atom. The van der Waals surface area contributed by atoms with E-state index >= 15 is 0 Å². The molecule has 2 heterocycles. The molecule has 3 aromatic rings. The van der Waals surface area contributed by atoms with Gasteiger partial charge in [0.15, 0.2) is 11.5 Å². The molecule has 0 atom stereocenters. The number of imidazole rings is 1. The molecule has 2 N–H and O–H groups in total. The fourth-order valence-corrected chi connectivity index (χ4v) is 3.11. The largest absolute Gasteiger partial charge is 0.454 e. The Morgan fingerprint density at radius 1 is 1.17 bits per heavy atom. The Kier molecular flexibility index (Phi) is 3.28. The lowest BCUT2D eigenvalue weighted by Crippen LogP contribution is -2.37. The van der Waals surface area contributed by atoms with Crippen molar-refractivity contribution in [3.63, 3.8) is 0 Å². The first kappa shape index (κ1) is 15.0. The highest BCUT2D eigenvalue weighted by atomic mass is 16.7. The molecule has 1 aromatic heterocycles. The first-order chi connectivity index (χ1) is 11.4. The number of benzene rings is 2. The maximum Gasteiger partial charge on any atom is 0.231 e. The average molecular weight is 323 g/mol. The molecule has 5 nitrogen and oxygen atoms in total. The Balaban J connectivity index is 1.98. The Morgan fingerprint density at radius 3 is 2.58 bits per heavy atom. The topological polar surface area (TPSA) is 62.3 Å². The number of rotatable bonds is 3.